The van der Waals surface area contributed by atoms with Crippen molar-refractivity contribution in [3.63, 3.8) is 0 Å². The van der Waals surface area contributed by atoms with Crippen molar-refractivity contribution < 1.29 is 253 Å². The van der Waals surface area contributed by atoms with Crippen LogP contribution in [0.15, 0.2) is 0 Å². The summed E-state index contributed by atoms with van der Waals surface area (Å²) in [5.41, 5.74) is -146. The van der Waals surface area contributed by atoms with Gasteiger partial charge in [0.1, 0.15) is 0 Å². The van der Waals surface area contributed by atoms with Crippen molar-refractivity contribution in [2.45, 2.75) is 230 Å². The Morgan fingerprint density at radius 1 is 0.220 bits per heavy atom. The van der Waals surface area contributed by atoms with Crippen LogP contribution in [0.25, 0.3) is 0 Å². The smallest absolute Gasteiger partial charge is 0.390 e. The van der Waals surface area contributed by atoms with Crippen LogP contribution in [-0.2, 0) is 14.2 Å². The van der Waals surface area contributed by atoms with Crippen LogP contribution in [0, 0.1) is 5.41 Å². The van der Waals surface area contributed by atoms with Gasteiger partial charge in [-0.15, -0.1) is 0 Å². The number of hydrogen-bond donors (Lipinski definition) is 3. The first kappa shape index (κ1) is 80.3. The van der Waals surface area contributed by atoms with Crippen LogP contribution in [0.1, 0.15) is 19.8 Å². The van der Waals surface area contributed by atoms with Gasteiger partial charge >= 0.3 is 141 Å². The number of ether oxygens (including phenoxy) is 3. The Kier molecular flexibility index (Phi) is 14.4. The number of aliphatic hydroxyl groups is 3. The van der Waals surface area contributed by atoms with Crippen LogP contribution < -0.4 is 0 Å². The van der Waals surface area contributed by atoms with Gasteiger partial charge in [0.05, 0.1) is 43.5 Å². The Labute approximate surface area is 509 Å². The Balaban J connectivity index is 1.23. The van der Waals surface area contributed by atoms with E-state index >= 15 is 198 Å². The van der Waals surface area contributed by atoms with Crippen LogP contribution in [0.3, 0.4) is 0 Å². The summed E-state index contributed by atoms with van der Waals surface area (Å²) in [6.07, 6.45) is -49.3. The molecule has 0 radical (unpaired) electrons. The second-order valence-electron chi connectivity index (χ2n) is 24.4. The van der Waals surface area contributed by atoms with E-state index in [1.807, 2.05) is 0 Å². The minimum atomic E-state index is -9.62. The number of alkyl halides is 51. The van der Waals surface area contributed by atoms with E-state index in [-0.39, 0.29) is 6.92 Å². The molecule has 0 heterocycles. The van der Waals surface area contributed by atoms with Crippen molar-refractivity contribution in [3.8, 4) is 0 Å². The van der Waals surface area contributed by atoms with Crippen molar-refractivity contribution in [2.24, 2.45) is 5.41 Å². The van der Waals surface area contributed by atoms with E-state index in [4.69, 9.17) is 0 Å². The minimum Gasteiger partial charge on any atom is -0.390 e. The van der Waals surface area contributed by atoms with Gasteiger partial charge in [-0.3, -0.25) is 0 Å². The summed E-state index contributed by atoms with van der Waals surface area (Å²) in [6.45, 7) is -14.0. The Morgan fingerprint density at radius 2 is 0.330 bits per heavy atom. The predicted octanol–water partition coefficient (Wildman–Crippen LogP) is 14.0. The van der Waals surface area contributed by atoms with Gasteiger partial charge < -0.3 is 29.5 Å². The van der Waals surface area contributed by atoms with Crippen LogP contribution in [0.5, 0.6) is 0 Å². The number of aliphatic hydroxyl groups excluding tert-OH is 3. The topological polar surface area (TPSA) is 88.4 Å². The van der Waals surface area contributed by atoms with Gasteiger partial charge in [0.15, 0.2) is 0 Å². The molecule has 0 aromatic rings. The molecule has 12 bridgehead atoms. The number of hydrogen-bond acceptors (Lipinski definition) is 6. The van der Waals surface area contributed by atoms with Crippen LogP contribution in [0.4, 0.5) is 224 Å². The average Bonchev–Trinajstić information content (AvgIpc) is 0.600. The average molecular weight is 1600 g/mol. The molecule has 12 rings (SSSR count). The lowest BCUT2D eigenvalue weighted by Crippen LogP contribution is -3.10. The predicted molar refractivity (Wildman–Crippen MR) is 200 cm³/mol. The maximum atomic E-state index is 16.8. The standard InChI is InChI=1S/C43H19F51O6/c1-2-3-10(7(95)4-98-41(89,90)11(44)14(47)26(59,60)20(53)28(63,64)15(11,48)29(65,66)21(54,27(14,61)62)38(20,83)84,8(96)5-99-42(91,92)12(45)16(49)30(67,68)22(55)32(71,72)17(12,50)33(73,74)23(56,31(16,69)70)39(22,85)86)9(97)6-100-43(93,94)13(46)18(51)34(75,76)24(57)36(79,80)19(13,52)37(81,82)25(58,35(18,77)78)40(24,87)88/h7-9,95-97H,2-6H2,1H3. The molecule has 3 atom stereocenters. The van der Waals surface area contributed by atoms with Crippen LogP contribution in [-0.4, -0.2) is 246 Å². The SMILES string of the molecule is CCCC(C(O)COC(F)(F)C1(F)C2(F)C(F)(F)C3(F)C(F)(F)C(F)(C2(F)F)C(F)(F)C1(F)C3(F)F)(C(O)COC(F)(F)C1(F)C2(F)C(F)(F)C3(F)C(F)(F)C(F)(C2(F)F)C(F)(F)C1(F)C3(F)F)C(O)COC(F)(F)C1(F)C2(F)C(F)(F)C3(F)C(F)(F)C(F)(C2(F)F)C(F)(F)C1(F)C3(F)F. The summed E-state index contributed by atoms with van der Waals surface area (Å²) >= 11 is 0. The fraction of sp³-hybridized carbons (Fsp3) is 1.00. The first-order chi connectivity index (χ1) is 43.2. The Hall–Kier alpha value is -3.81. The third kappa shape index (κ3) is 5.46. The molecule has 57 heteroatoms. The second-order valence-corrected chi connectivity index (χ2v) is 24.4. The summed E-state index contributed by atoms with van der Waals surface area (Å²) in [7, 11) is 0. The molecule has 584 valence electrons. The Bertz CT molecular complexity index is 2860. The van der Waals surface area contributed by atoms with Crippen molar-refractivity contribution in [1.29, 1.82) is 0 Å². The molecule has 0 aromatic heterocycles. The van der Waals surface area contributed by atoms with Crippen molar-refractivity contribution >= 4 is 0 Å². The fourth-order valence-corrected chi connectivity index (χ4v) is 15.7. The van der Waals surface area contributed by atoms with Crippen molar-refractivity contribution in [2.75, 3.05) is 19.8 Å². The molecule has 3 unspecified atom stereocenters. The maximum Gasteiger partial charge on any atom is 0.397 e. The molecular weight excluding hydrogens is 1580 g/mol. The molecular formula is C43H19F51O6. The minimum absolute atomic E-state index is 0.168. The lowest BCUT2D eigenvalue weighted by atomic mass is 9.37. The zero-order valence-corrected chi connectivity index (χ0v) is 45.1. The van der Waals surface area contributed by atoms with E-state index in [0.717, 1.165) is 0 Å². The van der Waals surface area contributed by atoms with Gasteiger partial charge in [-0.1, -0.05) is 13.3 Å². The highest BCUT2D eigenvalue weighted by molar-refractivity contribution is 5.60. The van der Waals surface area contributed by atoms with Gasteiger partial charge in [0.2, 0.25) is 0 Å². The molecule has 0 amide bonds. The third-order valence-electron chi connectivity index (χ3n) is 20.8. The lowest BCUT2D eigenvalue weighted by Gasteiger charge is -2.75. The van der Waals surface area contributed by atoms with E-state index in [1.54, 1.807) is 0 Å². The van der Waals surface area contributed by atoms with E-state index in [0.29, 0.717) is 0 Å². The highest BCUT2D eigenvalue weighted by Gasteiger charge is 3.29. The number of rotatable bonds is 17. The van der Waals surface area contributed by atoms with Crippen LogP contribution >= 0.6 is 0 Å². The van der Waals surface area contributed by atoms with Gasteiger partial charge in [0.25, 0.3) is 51.0 Å². The quantitative estimate of drug-likeness (QED) is 0.126. The molecule has 12 aliphatic carbocycles. The zero-order valence-electron chi connectivity index (χ0n) is 45.1. The molecule has 0 spiro atoms. The summed E-state index contributed by atoms with van der Waals surface area (Å²) in [4.78, 5) is 0. The second kappa shape index (κ2) is 17.9. The summed E-state index contributed by atoms with van der Waals surface area (Å²) in [5.74, 6) is -138. The monoisotopic (exact) mass is 1600 g/mol. The highest BCUT2D eigenvalue weighted by atomic mass is 19.4. The third-order valence-corrected chi connectivity index (χ3v) is 20.8. The largest absolute Gasteiger partial charge is 0.397 e. The highest BCUT2D eigenvalue weighted by Crippen LogP contribution is 2.94. The molecule has 12 saturated carbocycles. The first-order valence-electron chi connectivity index (χ1n) is 25.3. The van der Waals surface area contributed by atoms with Crippen molar-refractivity contribution in [1.82, 2.24) is 0 Å². The summed E-state index contributed by atoms with van der Waals surface area (Å²) in [6, 6.07) is 0. The molecule has 0 saturated heterocycles. The number of halogens is 51. The molecule has 0 aliphatic heterocycles. The molecule has 100 heavy (non-hydrogen) atoms. The van der Waals surface area contributed by atoms with Gasteiger partial charge in [-0.05, 0) is 6.42 Å². The summed E-state index contributed by atoms with van der Waals surface area (Å²) in [5, 5.41) is 33.2. The molecule has 6 nitrogen and oxygen atoms in total. The van der Waals surface area contributed by atoms with E-state index in [1.165, 1.54) is 0 Å². The zero-order chi connectivity index (χ0) is 79.4. The molecule has 12 fully saturated rings. The normalized spacial score (nSPS) is 49.8. The van der Waals surface area contributed by atoms with Gasteiger partial charge in [-0.2, -0.15) is 158 Å². The summed E-state index contributed by atoms with van der Waals surface area (Å²) < 4.78 is 807. The maximum absolute atomic E-state index is 16.8. The van der Waals surface area contributed by atoms with Crippen molar-refractivity contribution in [3.05, 3.63) is 0 Å². The molecule has 3 N–H and O–H groups in total. The molecule has 0 aromatic carbocycles. The van der Waals surface area contributed by atoms with E-state index < -0.39 is 249 Å². The van der Waals surface area contributed by atoms with E-state index in [2.05, 4.69) is 14.2 Å². The Morgan fingerprint density at radius 3 is 0.440 bits per heavy atom. The lowest BCUT2D eigenvalue weighted by molar-refractivity contribution is -0.614. The molecule has 12 aliphatic rings. The van der Waals surface area contributed by atoms with Gasteiger partial charge in [-0.25, -0.2) is 65.9 Å². The van der Waals surface area contributed by atoms with Crippen LogP contribution in [0.2, 0.25) is 0 Å². The first-order valence-corrected chi connectivity index (χ1v) is 25.3. The van der Waals surface area contributed by atoms with E-state index in [9.17, 15) is 41.7 Å². The fourth-order valence-electron chi connectivity index (χ4n) is 15.7. The van der Waals surface area contributed by atoms with Gasteiger partial charge in [0, 0.05) is 0 Å².